The van der Waals surface area contributed by atoms with E-state index in [0.717, 1.165) is 12.8 Å². The SMILES string of the molecule is COC(C)[C@@H](NS(=O)(=O)CCCCCN1CC(=O)NC1=O)c1cc(F)cc(OCC2CC2)c1. The lowest BCUT2D eigenvalue weighted by molar-refractivity contribution is -0.118. The molecule has 2 N–H and O–H groups in total. The zero-order chi connectivity index (χ0) is 24.0. The van der Waals surface area contributed by atoms with Crippen LogP contribution in [0.5, 0.6) is 5.75 Å². The number of hydrogen-bond acceptors (Lipinski definition) is 6. The molecule has 1 unspecified atom stereocenters. The summed E-state index contributed by atoms with van der Waals surface area (Å²) in [6, 6.07) is 3.04. The highest BCUT2D eigenvalue weighted by atomic mass is 32.2. The molecule has 184 valence electrons. The number of ether oxygens (including phenoxy) is 2. The fourth-order valence-corrected chi connectivity index (χ4v) is 5.02. The van der Waals surface area contributed by atoms with Gasteiger partial charge >= 0.3 is 6.03 Å². The molecule has 0 spiro atoms. The maximum absolute atomic E-state index is 14.2. The molecule has 0 bridgehead atoms. The minimum Gasteiger partial charge on any atom is -0.493 e. The summed E-state index contributed by atoms with van der Waals surface area (Å²) in [4.78, 5) is 24.1. The average molecular weight is 486 g/mol. The minimum absolute atomic E-state index is 0.0370. The number of urea groups is 1. The molecule has 0 radical (unpaired) electrons. The number of nitrogens with zero attached hydrogens (tertiary/aromatic N) is 1. The molecule has 1 aliphatic heterocycles. The third-order valence-corrected chi connectivity index (χ3v) is 7.23. The highest BCUT2D eigenvalue weighted by Gasteiger charge is 2.28. The number of carbonyl (C=O) groups is 2. The number of hydrogen-bond donors (Lipinski definition) is 2. The van der Waals surface area contributed by atoms with Crippen molar-refractivity contribution < 1.29 is 31.9 Å². The van der Waals surface area contributed by atoms with Crippen LogP contribution < -0.4 is 14.8 Å². The second-order valence-electron chi connectivity index (χ2n) is 8.67. The third kappa shape index (κ3) is 7.94. The zero-order valence-corrected chi connectivity index (χ0v) is 19.8. The summed E-state index contributed by atoms with van der Waals surface area (Å²) in [5, 5.41) is 2.20. The van der Waals surface area contributed by atoms with E-state index in [1.807, 2.05) is 0 Å². The van der Waals surface area contributed by atoms with E-state index in [9.17, 15) is 22.4 Å². The van der Waals surface area contributed by atoms with Crippen molar-refractivity contribution in [3.8, 4) is 5.75 Å². The number of halogens is 1. The second kappa shape index (κ2) is 11.3. The van der Waals surface area contributed by atoms with Crippen LogP contribution in [0.1, 0.15) is 50.6 Å². The quantitative estimate of drug-likeness (QED) is 0.309. The zero-order valence-electron chi connectivity index (χ0n) is 19.0. The Hall–Kier alpha value is -2.24. The van der Waals surface area contributed by atoms with Gasteiger partial charge in [-0.2, -0.15) is 0 Å². The van der Waals surface area contributed by atoms with Crippen LogP contribution in [0.3, 0.4) is 0 Å². The van der Waals surface area contributed by atoms with Crippen LogP contribution in [-0.2, 0) is 19.6 Å². The molecule has 3 amide bonds. The normalized spacial score (nSPS) is 18.3. The Bertz CT molecular complexity index is 953. The molecule has 2 aliphatic rings. The van der Waals surface area contributed by atoms with E-state index in [4.69, 9.17) is 9.47 Å². The van der Waals surface area contributed by atoms with Gasteiger partial charge in [-0.1, -0.05) is 6.42 Å². The number of methoxy groups -OCH3 is 1. The summed E-state index contributed by atoms with van der Waals surface area (Å²) in [6.45, 7) is 2.66. The van der Waals surface area contributed by atoms with Crippen molar-refractivity contribution in [3.63, 3.8) is 0 Å². The van der Waals surface area contributed by atoms with Crippen molar-refractivity contribution >= 4 is 22.0 Å². The predicted molar refractivity (Wildman–Crippen MR) is 120 cm³/mol. The fourth-order valence-electron chi connectivity index (χ4n) is 3.60. The van der Waals surface area contributed by atoms with E-state index in [2.05, 4.69) is 10.0 Å². The number of nitrogens with one attached hydrogen (secondary N) is 2. The molecule has 1 aromatic carbocycles. The van der Waals surface area contributed by atoms with Gasteiger partial charge in [0.15, 0.2) is 0 Å². The summed E-state index contributed by atoms with van der Waals surface area (Å²) in [6.07, 6.45) is 3.21. The Morgan fingerprint density at radius 3 is 2.61 bits per heavy atom. The van der Waals surface area contributed by atoms with Gasteiger partial charge in [0.1, 0.15) is 18.1 Å². The first-order valence-electron chi connectivity index (χ1n) is 11.2. The molecule has 0 aromatic heterocycles. The van der Waals surface area contributed by atoms with E-state index < -0.39 is 34.0 Å². The topological polar surface area (TPSA) is 114 Å². The van der Waals surface area contributed by atoms with Crippen molar-refractivity contribution in [1.29, 1.82) is 0 Å². The Morgan fingerprint density at radius 2 is 1.97 bits per heavy atom. The smallest absolute Gasteiger partial charge is 0.324 e. The van der Waals surface area contributed by atoms with Crippen LogP contribution in [0, 0.1) is 11.7 Å². The molecular formula is C22H32FN3O6S. The van der Waals surface area contributed by atoms with Crippen LogP contribution >= 0.6 is 0 Å². The van der Waals surface area contributed by atoms with Gasteiger partial charge in [-0.3, -0.25) is 10.1 Å². The largest absolute Gasteiger partial charge is 0.493 e. The highest BCUT2D eigenvalue weighted by molar-refractivity contribution is 7.89. The van der Waals surface area contributed by atoms with Crippen LogP contribution in [-0.4, -0.2) is 63.9 Å². The molecule has 9 nitrogen and oxygen atoms in total. The van der Waals surface area contributed by atoms with Gasteiger partial charge in [0.2, 0.25) is 15.9 Å². The Labute approximate surface area is 194 Å². The summed E-state index contributed by atoms with van der Waals surface area (Å²) in [7, 11) is -2.22. The molecule has 1 heterocycles. The lowest BCUT2D eigenvalue weighted by atomic mass is 10.0. The highest BCUT2D eigenvalue weighted by Crippen LogP contribution is 2.31. The van der Waals surface area contributed by atoms with E-state index in [0.29, 0.717) is 49.6 Å². The molecular weight excluding hydrogens is 453 g/mol. The number of rotatable bonds is 14. The Kier molecular flexibility index (Phi) is 8.66. The standard InChI is InChI=1S/C22H32FN3O6S/c1-15(31-2)21(17-10-18(23)12-19(11-17)32-14-16-6-7-16)25-33(29,30)9-5-3-4-8-26-13-20(27)24-22(26)28/h10-12,15-16,21,25H,3-9,13-14H2,1-2H3,(H,24,27,28)/t15?,21-/m1/s1. The lowest BCUT2D eigenvalue weighted by Crippen LogP contribution is -2.37. The van der Waals surface area contributed by atoms with Gasteiger partial charge in [-0.15, -0.1) is 0 Å². The van der Waals surface area contributed by atoms with E-state index in [-0.39, 0.29) is 18.2 Å². The maximum Gasteiger partial charge on any atom is 0.324 e. The van der Waals surface area contributed by atoms with Crippen LogP contribution in [0.4, 0.5) is 9.18 Å². The first kappa shape index (κ1) is 25.4. The van der Waals surface area contributed by atoms with Crippen molar-refractivity contribution in [2.45, 2.75) is 51.2 Å². The van der Waals surface area contributed by atoms with Gasteiger partial charge in [0.25, 0.3) is 0 Å². The van der Waals surface area contributed by atoms with E-state index in [1.54, 1.807) is 13.0 Å². The summed E-state index contributed by atoms with van der Waals surface area (Å²) < 4.78 is 53.4. The molecule has 1 saturated heterocycles. The molecule has 1 saturated carbocycles. The Morgan fingerprint density at radius 1 is 1.21 bits per heavy atom. The molecule has 33 heavy (non-hydrogen) atoms. The lowest BCUT2D eigenvalue weighted by Gasteiger charge is -2.25. The number of imide groups is 1. The van der Waals surface area contributed by atoms with Crippen molar-refractivity contribution in [2.75, 3.05) is 32.6 Å². The maximum atomic E-state index is 14.2. The number of carbonyl (C=O) groups excluding carboxylic acids is 2. The summed E-state index contributed by atoms with van der Waals surface area (Å²) in [5.41, 5.74) is 0.434. The molecule has 3 rings (SSSR count). The number of amides is 3. The van der Waals surface area contributed by atoms with Crippen LogP contribution in [0.15, 0.2) is 18.2 Å². The van der Waals surface area contributed by atoms with Crippen LogP contribution in [0.2, 0.25) is 0 Å². The summed E-state index contributed by atoms with van der Waals surface area (Å²) in [5.74, 6) is -0.0809. The first-order chi connectivity index (χ1) is 15.7. The van der Waals surface area contributed by atoms with Gasteiger partial charge in [-0.25, -0.2) is 22.3 Å². The van der Waals surface area contributed by atoms with Crippen molar-refractivity contribution in [3.05, 3.63) is 29.6 Å². The molecule has 2 fully saturated rings. The number of sulfonamides is 1. The molecule has 2 atom stereocenters. The number of benzene rings is 1. The van der Waals surface area contributed by atoms with Gasteiger partial charge < -0.3 is 14.4 Å². The molecule has 1 aromatic rings. The minimum atomic E-state index is -3.68. The second-order valence-corrected chi connectivity index (χ2v) is 10.5. The first-order valence-corrected chi connectivity index (χ1v) is 12.9. The fraction of sp³-hybridized carbons (Fsp3) is 0.636. The average Bonchev–Trinajstić information content (AvgIpc) is 3.53. The Balaban J connectivity index is 1.55. The monoisotopic (exact) mass is 485 g/mol. The third-order valence-electron chi connectivity index (χ3n) is 5.79. The van der Waals surface area contributed by atoms with E-state index in [1.165, 1.54) is 24.1 Å². The molecule has 11 heteroatoms. The predicted octanol–water partition coefficient (Wildman–Crippen LogP) is 2.33. The van der Waals surface area contributed by atoms with Gasteiger partial charge in [0, 0.05) is 19.7 Å². The van der Waals surface area contributed by atoms with Crippen molar-refractivity contribution in [2.24, 2.45) is 5.92 Å². The molecule has 1 aliphatic carbocycles. The van der Waals surface area contributed by atoms with Crippen molar-refractivity contribution in [1.82, 2.24) is 14.9 Å². The van der Waals surface area contributed by atoms with Gasteiger partial charge in [-0.05, 0) is 56.2 Å². The van der Waals surface area contributed by atoms with E-state index >= 15 is 0 Å². The summed E-state index contributed by atoms with van der Waals surface area (Å²) >= 11 is 0. The van der Waals surface area contributed by atoms with Gasteiger partial charge in [0.05, 0.1) is 24.5 Å². The number of unbranched alkanes of at least 4 members (excludes halogenated alkanes) is 2. The van der Waals surface area contributed by atoms with Crippen LogP contribution in [0.25, 0.3) is 0 Å².